The summed E-state index contributed by atoms with van der Waals surface area (Å²) in [5.74, 6) is 0.0429. The molecule has 0 radical (unpaired) electrons. The van der Waals surface area contributed by atoms with Gasteiger partial charge in [0.1, 0.15) is 11.6 Å². The van der Waals surface area contributed by atoms with Crippen molar-refractivity contribution >= 4 is 17.6 Å². The molecule has 0 spiro atoms. The molecule has 0 amide bonds. The number of rotatable bonds is 3. The summed E-state index contributed by atoms with van der Waals surface area (Å²) < 4.78 is 13.1. The molecule has 0 saturated carbocycles. The van der Waals surface area contributed by atoms with Crippen LogP contribution in [-0.4, -0.2) is 26.2 Å². The molecule has 0 bridgehead atoms. The van der Waals surface area contributed by atoms with Crippen molar-refractivity contribution in [1.82, 2.24) is 15.2 Å². The summed E-state index contributed by atoms with van der Waals surface area (Å²) in [6.07, 6.45) is 0. The second-order valence-corrected chi connectivity index (χ2v) is 4.44. The van der Waals surface area contributed by atoms with Crippen LogP contribution in [0.15, 0.2) is 33.4 Å². The highest BCUT2D eigenvalue weighted by molar-refractivity contribution is 7.99. The van der Waals surface area contributed by atoms with Gasteiger partial charge in [-0.15, -0.1) is 5.10 Å². The number of nitrogens with two attached hydrogens (primary N) is 1. The quantitative estimate of drug-likeness (QED) is 0.338. The summed E-state index contributed by atoms with van der Waals surface area (Å²) in [5.41, 5.74) is 5.79. The third kappa shape index (κ3) is 2.59. The first-order valence-corrected chi connectivity index (χ1v) is 5.76. The number of amidine groups is 1. The Bertz CT molecular complexity index is 598. The number of H-pyrrole nitrogens is 1. The highest BCUT2D eigenvalue weighted by Crippen LogP contribution is 2.28. The molecule has 0 unspecified atom stereocenters. The van der Waals surface area contributed by atoms with Gasteiger partial charge in [0.15, 0.2) is 5.84 Å². The maximum absolute atomic E-state index is 13.1. The third-order valence-corrected chi connectivity index (χ3v) is 3.04. The predicted molar refractivity (Wildman–Crippen MR) is 64.2 cm³/mol. The van der Waals surface area contributed by atoms with Crippen molar-refractivity contribution in [2.24, 2.45) is 10.9 Å². The molecule has 6 nitrogen and oxygen atoms in total. The molecular formula is C10H10FN5OS. The number of nitrogens with zero attached hydrogens (tertiary/aromatic N) is 3. The van der Waals surface area contributed by atoms with E-state index in [1.807, 2.05) is 0 Å². The van der Waals surface area contributed by atoms with Crippen molar-refractivity contribution in [2.75, 3.05) is 0 Å². The first-order valence-electron chi connectivity index (χ1n) is 4.94. The largest absolute Gasteiger partial charge is 0.409 e. The van der Waals surface area contributed by atoms with E-state index in [4.69, 9.17) is 10.9 Å². The fourth-order valence-corrected chi connectivity index (χ4v) is 2.19. The third-order valence-electron chi connectivity index (χ3n) is 2.10. The first kappa shape index (κ1) is 12.4. The Kier molecular flexibility index (Phi) is 3.47. The van der Waals surface area contributed by atoms with E-state index in [0.29, 0.717) is 21.4 Å². The van der Waals surface area contributed by atoms with Crippen LogP contribution in [0, 0.1) is 12.7 Å². The van der Waals surface area contributed by atoms with Gasteiger partial charge in [-0.3, -0.25) is 5.10 Å². The number of halogens is 1. The smallest absolute Gasteiger partial charge is 0.213 e. The Balaban J connectivity index is 2.38. The van der Waals surface area contributed by atoms with Gasteiger partial charge >= 0.3 is 0 Å². The molecule has 0 aliphatic rings. The molecule has 1 aromatic heterocycles. The fraction of sp³-hybridized carbons (Fsp3) is 0.100. The van der Waals surface area contributed by atoms with Gasteiger partial charge in [-0.05, 0) is 36.9 Å². The minimum Gasteiger partial charge on any atom is -0.409 e. The van der Waals surface area contributed by atoms with E-state index in [0.717, 1.165) is 0 Å². The van der Waals surface area contributed by atoms with Crippen LogP contribution < -0.4 is 5.73 Å². The van der Waals surface area contributed by atoms with Crippen LogP contribution in [-0.2, 0) is 0 Å². The molecule has 8 heteroatoms. The van der Waals surface area contributed by atoms with Crippen molar-refractivity contribution < 1.29 is 9.60 Å². The zero-order chi connectivity index (χ0) is 13.1. The molecule has 0 atom stereocenters. The normalized spacial score (nSPS) is 11.8. The van der Waals surface area contributed by atoms with Gasteiger partial charge in [-0.2, -0.15) is 0 Å². The van der Waals surface area contributed by atoms with E-state index >= 15 is 0 Å². The molecule has 0 aliphatic heterocycles. The van der Waals surface area contributed by atoms with E-state index in [1.54, 1.807) is 6.92 Å². The number of oxime groups is 1. The van der Waals surface area contributed by atoms with Crippen LogP contribution in [0.4, 0.5) is 4.39 Å². The van der Waals surface area contributed by atoms with Gasteiger partial charge in [0.2, 0.25) is 5.16 Å². The number of aryl methyl sites for hydroxylation is 1. The van der Waals surface area contributed by atoms with Gasteiger partial charge < -0.3 is 10.9 Å². The van der Waals surface area contributed by atoms with Gasteiger partial charge in [0, 0.05) is 10.5 Å². The molecule has 2 rings (SSSR count). The van der Waals surface area contributed by atoms with Crippen LogP contribution in [0.1, 0.15) is 11.4 Å². The lowest BCUT2D eigenvalue weighted by atomic mass is 10.2. The lowest BCUT2D eigenvalue weighted by molar-refractivity contribution is 0.318. The summed E-state index contributed by atoms with van der Waals surface area (Å²) in [6, 6.07) is 4.01. The van der Waals surface area contributed by atoms with E-state index in [-0.39, 0.29) is 5.84 Å². The number of aromatic amines is 1. The molecule has 1 aromatic carbocycles. The van der Waals surface area contributed by atoms with Crippen molar-refractivity contribution in [3.05, 3.63) is 35.4 Å². The number of hydrogen-bond acceptors (Lipinski definition) is 5. The molecule has 0 aliphatic carbocycles. The van der Waals surface area contributed by atoms with Crippen molar-refractivity contribution in [3.8, 4) is 0 Å². The summed E-state index contributed by atoms with van der Waals surface area (Å²) >= 11 is 1.20. The lowest BCUT2D eigenvalue weighted by Crippen LogP contribution is -2.14. The molecule has 2 aromatic rings. The highest BCUT2D eigenvalue weighted by Gasteiger charge is 2.12. The van der Waals surface area contributed by atoms with Crippen molar-refractivity contribution in [2.45, 2.75) is 17.0 Å². The van der Waals surface area contributed by atoms with Gasteiger partial charge in [-0.25, -0.2) is 9.37 Å². The molecule has 18 heavy (non-hydrogen) atoms. The number of hydrogen-bond donors (Lipinski definition) is 3. The van der Waals surface area contributed by atoms with Crippen molar-refractivity contribution in [1.29, 1.82) is 0 Å². The lowest BCUT2D eigenvalue weighted by Gasteiger charge is -2.05. The van der Waals surface area contributed by atoms with Gasteiger partial charge in [0.25, 0.3) is 0 Å². The maximum atomic E-state index is 13.1. The zero-order valence-corrected chi connectivity index (χ0v) is 10.2. The monoisotopic (exact) mass is 267 g/mol. The van der Waals surface area contributed by atoms with Crippen molar-refractivity contribution in [3.63, 3.8) is 0 Å². The Hall–Kier alpha value is -2.09. The summed E-state index contributed by atoms with van der Waals surface area (Å²) in [4.78, 5) is 4.72. The summed E-state index contributed by atoms with van der Waals surface area (Å²) in [5, 5.41) is 18.7. The van der Waals surface area contributed by atoms with Crippen LogP contribution >= 0.6 is 11.8 Å². The zero-order valence-electron chi connectivity index (χ0n) is 9.38. The van der Waals surface area contributed by atoms with E-state index < -0.39 is 5.82 Å². The van der Waals surface area contributed by atoms with Crippen LogP contribution in [0.5, 0.6) is 0 Å². The summed E-state index contributed by atoms with van der Waals surface area (Å²) in [6.45, 7) is 1.77. The molecule has 4 N–H and O–H groups in total. The SMILES string of the molecule is Cc1nc(Sc2ccc(F)cc2/C(N)=N/O)n[nH]1. The molecule has 94 valence electrons. The second-order valence-electron chi connectivity index (χ2n) is 3.43. The van der Waals surface area contributed by atoms with E-state index in [9.17, 15) is 4.39 Å². The Morgan fingerprint density at radius 3 is 2.94 bits per heavy atom. The molecule has 1 heterocycles. The number of aromatic nitrogens is 3. The summed E-state index contributed by atoms with van der Waals surface area (Å²) in [7, 11) is 0. The maximum Gasteiger partial charge on any atom is 0.213 e. The number of benzene rings is 1. The van der Waals surface area contributed by atoms with Crippen LogP contribution in [0.25, 0.3) is 0 Å². The first-order chi connectivity index (χ1) is 8.60. The second kappa shape index (κ2) is 5.05. The van der Waals surface area contributed by atoms with E-state index in [1.165, 1.54) is 30.0 Å². The average Bonchev–Trinajstić information content (AvgIpc) is 2.76. The molecular weight excluding hydrogens is 257 g/mol. The van der Waals surface area contributed by atoms with Crippen LogP contribution in [0.2, 0.25) is 0 Å². The highest BCUT2D eigenvalue weighted by atomic mass is 32.2. The predicted octanol–water partition coefficient (Wildman–Crippen LogP) is 1.50. The molecule has 0 fully saturated rings. The van der Waals surface area contributed by atoms with Gasteiger partial charge in [-0.1, -0.05) is 5.16 Å². The van der Waals surface area contributed by atoms with Gasteiger partial charge in [0.05, 0.1) is 0 Å². The Labute approximate surface area is 106 Å². The fourth-order valence-electron chi connectivity index (χ4n) is 1.31. The minimum absolute atomic E-state index is 0.163. The van der Waals surface area contributed by atoms with Crippen LogP contribution in [0.3, 0.4) is 0 Å². The topological polar surface area (TPSA) is 100 Å². The number of nitrogens with one attached hydrogen (secondary N) is 1. The average molecular weight is 267 g/mol. The Morgan fingerprint density at radius 2 is 2.33 bits per heavy atom. The Morgan fingerprint density at radius 1 is 1.56 bits per heavy atom. The molecule has 0 saturated heterocycles. The van der Waals surface area contributed by atoms with E-state index in [2.05, 4.69) is 20.3 Å². The standard InChI is InChI=1S/C10H10FN5OS/c1-5-13-10(15-14-5)18-8-3-2-6(11)4-7(8)9(12)16-17/h2-4,17H,1H3,(H2,12,16)(H,13,14,15). The minimum atomic E-state index is -0.466.